The highest BCUT2D eigenvalue weighted by Gasteiger charge is 2.28. The van der Waals surface area contributed by atoms with Crippen molar-refractivity contribution in [2.24, 2.45) is 0 Å². The van der Waals surface area contributed by atoms with Gasteiger partial charge in [-0.1, -0.05) is 12.1 Å². The Balaban J connectivity index is 3.03. The van der Waals surface area contributed by atoms with Crippen LogP contribution in [0.1, 0.15) is 19.4 Å². The van der Waals surface area contributed by atoms with Crippen molar-refractivity contribution in [3.63, 3.8) is 0 Å². The van der Waals surface area contributed by atoms with E-state index in [-0.39, 0.29) is 12.6 Å². The Morgan fingerprint density at radius 1 is 1.10 bits per heavy atom. The summed E-state index contributed by atoms with van der Waals surface area (Å²) in [5.74, 6) is 0. The summed E-state index contributed by atoms with van der Waals surface area (Å²) in [6.07, 6.45) is 0.909. The summed E-state index contributed by atoms with van der Waals surface area (Å²) in [5.41, 5.74) is 6.92. The minimum Gasteiger partial charge on any atom is -0.399 e. The number of nitrogens with two attached hydrogens (primary N) is 1. The fourth-order valence-corrected chi connectivity index (χ4v) is 5.44. The first-order chi connectivity index (χ1) is 9.01. The van der Waals surface area contributed by atoms with Crippen LogP contribution in [0.2, 0.25) is 0 Å². The molecule has 1 rings (SSSR count). The minimum atomic E-state index is -3.87. The maximum absolute atomic E-state index is 12.2. The number of rotatable bonds is 6. The zero-order valence-corrected chi connectivity index (χ0v) is 13.4. The highest BCUT2D eigenvalue weighted by molar-refractivity contribution is 8.06. The third-order valence-electron chi connectivity index (χ3n) is 2.61. The van der Waals surface area contributed by atoms with E-state index in [1.165, 1.54) is 4.31 Å². The molecule has 0 aliphatic heterocycles. The molecule has 20 heavy (non-hydrogen) atoms. The van der Waals surface area contributed by atoms with Gasteiger partial charge < -0.3 is 5.73 Å². The molecule has 0 fully saturated rings. The summed E-state index contributed by atoms with van der Waals surface area (Å²) in [6, 6.07) is 6.47. The molecule has 0 aromatic heterocycles. The van der Waals surface area contributed by atoms with E-state index >= 15 is 0 Å². The van der Waals surface area contributed by atoms with Crippen LogP contribution in [-0.2, 0) is 26.4 Å². The van der Waals surface area contributed by atoms with E-state index in [2.05, 4.69) is 0 Å². The molecule has 0 heterocycles. The van der Waals surface area contributed by atoms with Crippen LogP contribution in [0, 0.1) is 0 Å². The molecular weight excluding hydrogens is 300 g/mol. The zero-order chi connectivity index (χ0) is 15.6. The van der Waals surface area contributed by atoms with Gasteiger partial charge >= 0.3 is 0 Å². The van der Waals surface area contributed by atoms with Crippen molar-refractivity contribution in [3.05, 3.63) is 29.8 Å². The van der Waals surface area contributed by atoms with Gasteiger partial charge in [-0.15, -0.1) is 0 Å². The molecule has 1 aromatic rings. The van der Waals surface area contributed by atoms with E-state index < -0.39 is 24.9 Å². The van der Waals surface area contributed by atoms with E-state index in [4.69, 9.17) is 5.73 Å². The normalized spacial score (nSPS) is 13.1. The Hall–Kier alpha value is -1.12. The molecule has 2 N–H and O–H groups in total. The van der Waals surface area contributed by atoms with Gasteiger partial charge in [0, 0.05) is 24.5 Å². The fraction of sp³-hybridized carbons (Fsp3) is 0.500. The van der Waals surface area contributed by atoms with Gasteiger partial charge in [0.1, 0.15) is 0 Å². The lowest BCUT2D eigenvalue weighted by atomic mass is 10.2. The van der Waals surface area contributed by atoms with Gasteiger partial charge in [0.25, 0.3) is 0 Å². The van der Waals surface area contributed by atoms with Crippen molar-refractivity contribution in [3.8, 4) is 0 Å². The number of hydrogen-bond donors (Lipinski definition) is 1. The van der Waals surface area contributed by atoms with Gasteiger partial charge in [0.2, 0.25) is 10.0 Å². The standard InChI is InChI=1S/C12H20N2O4S2/c1-10(2)14(20(17,18)9-19(3,15)16)8-11-4-6-12(13)7-5-11/h4-7,10H,8-9,13H2,1-3H3. The number of sulfonamides is 1. The quantitative estimate of drug-likeness (QED) is 0.782. The molecule has 0 aliphatic carbocycles. The van der Waals surface area contributed by atoms with Crippen LogP contribution in [0.3, 0.4) is 0 Å². The van der Waals surface area contributed by atoms with E-state index in [1.54, 1.807) is 38.1 Å². The predicted octanol–water partition coefficient (Wildman–Crippen LogP) is 0.811. The first-order valence-corrected chi connectivity index (χ1v) is 9.70. The molecule has 0 unspecified atom stereocenters. The van der Waals surface area contributed by atoms with Crippen molar-refractivity contribution < 1.29 is 16.8 Å². The SMILES string of the molecule is CC(C)N(Cc1ccc(N)cc1)S(=O)(=O)CS(C)(=O)=O. The molecule has 0 spiro atoms. The van der Waals surface area contributed by atoms with Gasteiger partial charge in [-0.3, -0.25) is 0 Å². The fourth-order valence-electron chi connectivity index (χ4n) is 1.74. The molecule has 0 bridgehead atoms. The van der Waals surface area contributed by atoms with Gasteiger partial charge in [-0.2, -0.15) is 4.31 Å². The number of sulfone groups is 1. The minimum absolute atomic E-state index is 0.121. The van der Waals surface area contributed by atoms with Gasteiger partial charge in [-0.05, 0) is 31.5 Å². The predicted molar refractivity (Wildman–Crippen MR) is 80.2 cm³/mol. The lowest BCUT2D eigenvalue weighted by Crippen LogP contribution is -2.39. The lowest BCUT2D eigenvalue weighted by molar-refractivity contribution is 0.350. The summed E-state index contributed by atoms with van der Waals surface area (Å²) in [7, 11) is -7.48. The monoisotopic (exact) mass is 320 g/mol. The van der Waals surface area contributed by atoms with Crippen LogP contribution < -0.4 is 5.73 Å². The Kier molecular flexibility index (Phi) is 5.17. The average molecular weight is 320 g/mol. The number of nitrogens with zero attached hydrogens (tertiary/aromatic N) is 1. The molecule has 0 aliphatic rings. The molecule has 0 atom stereocenters. The number of benzene rings is 1. The Bertz CT molecular complexity index is 649. The molecule has 1 aromatic carbocycles. The third-order valence-corrected chi connectivity index (χ3v) is 6.78. The number of anilines is 1. The molecule has 0 radical (unpaired) electrons. The molecule has 0 saturated heterocycles. The molecule has 6 nitrogen and oxygen atoms in total. The summed E-state index contributed by atoms with van der Waals surface area (Å²) < 4.78 is 48.0. The third kappa shape index (κ3) is 5.10. The van der Waals surface area contributed by atoms with Gasteiger partial charge in [0.05, 0.1) is 0 Å². The average Bonchev–Trinajstić information content (AvgIpc) is 2.24. The topological polar surface area (TPSA) is 97.5 Å². The van der Waals surface area contributed by atoms with Crippen LogP contribution in [0.25, 0.3) is 0 Å². The highest BCUT2D eigenvalue weighted by Crippen LogP contribution is 2.16. The van der Waals surface area contributed by atoms with Crippen molar-refractivity contribution in [1.82, 2.24) is 4.31 Å². The molecule has 0 saturated carbocycles. The zero-order valence-electron chi connectivity index (χ0n) is 11.8. The molecular formula is C12H20N2O4S2. The second-order valence-electron chi connectivity index (χ2n) is 5.04. The Morgan fingerprint density at radius 2 is 1.60 bits per heavy atom. The molecule has 8 heteroatoms. The van der Waals surface area contributed by atoms with E-state index in [9.17, 15) is 16.8 Å². The smallest absolute Gasteiger partial charge is 0.229 e. The Morgan fingerprint density at radius 3 is 2.00 bits per heavy atom. The van der Waals surface area contributed by atoms with Crippen molar-refractivity contribution in [1.29, 1.82) is 0 Å². The van der Waals surface area contributed by atoms with Gasteiger partial charge in [0.15, 0.2) is 14.9 Å². The van der Waals surface area contributed by atoms with Crippen LogP contribution in [0.15, 0.2) is 24.3 Å². The van der Waals surface area contributed by atoms with Gasteiger partial charge in [-0.25, -0.2) is 16.8 Å². The molecule has 114 valence electrons. The number of hydrogen-bond acceptors (Lipinski definition) is 5. The van der Waals surface area contributed by atoms with Crippen LogP contribution >= 0.6 is 0 Å². The van der Waals surface area contributed by atoms with E-state index in [0.29, 0.717) is 5.69 Å². The molecule has 0 amide bonds. The largest absolute Gasteiger partial charge is 0.399 e. The summed E-state index contributed by atoms with van der Waals surface area (Å²) in [6.45, 7) is 3.53. The van der Waals surface area contributed by atoms with Crippen molar-refractivity contribution in [2.45, 2.75) is 26.4 Å². The lowest BCUT2D eigenvalue weighted by Gasteiger charge is -2.25. The maximum Gasteiger partial charge on any atom is 0.229 e. The first kappa shape index (κ1) is 16.9. The van der Waals surface area contributed by atoms with Crippen LogP contribution in [0.4, 0.5) is 5.69 Å². The summed E-state index contributed by atoms with van der Waals surface area (Å²) in [5, 5.41) is -0.882. The van der Waals surface area contributed by atoms with Crippen LogP contribution in [0.5, 0.6) is 0 Å². The van der Waals surface area contributed by atoms with Crippen LogP contribution in [-0.4, -0.2) is 38.5 Å². The van der Waals surface area contributed by atoms with E-state index in [1.807, 2.05) is 0 Å². The number of nitrogen functional groups attached to an aromatic ring is 1. The van der Waals surface area contributed by atoms with E-state index in [0.717, 1.165) is 11.8 Å². The second kappa shape index (κ2) is 6.11. The van der Waals surface area contributed by atoms with Crippen molar-refractivity contribution >= 4 is 25.5 Å². The maximum atomic E-state index is 12.2. The summed E-state index contributed by atoms with van der Waals surface area (Å²) in [4.78, 5) is 0. The first-order valence-electron chi connectivity index (χ1n) is 6.03. The highest BCUT2D eigenvalue weighted by atomic mass is 32.3. The summed E-state index contributed by atoms with van der Waals surface area (Å²) >= 11 is 0. The second-order valence-corrected chi connectivity index (χ2v) is 9.46. The van der Waals surface area contributed by atoms with Crippen molar-refractivity contribution in [2.75, 3.05) is 17.1 Å². The Labute approximate surface area is 120 Å².